The maximum Gasteiger partial charge on any atom is 0.194 e. The maximum absolute atomic E-state index is 10.7. The topological polar surface area (TPSA) is 79.5 Å². The van der Waals surface area contributed by atoms with Crippen LogP contribution in [0.1, 0.15) is 30.7 Å². The lowest BCUT2D eigenvalue weighted by Gasteiger charge is -2.25. The van der Waals surface area contributed by atoms with Crippen LogP contribution >= 0.6 is 24.0 Å². The Morgan fingerprint density at radius 2 is 1.93 bits per heavy atom. The van der Waals surface area contributed by atoms with Gasteiger partial charge in [-0.3, -0.25) is 0 Å². The Kier molecular flexibility index (Phi) is 9.78. The molecule has 2 aromatic rings. The third-order valence-corrected chi connectivity index (χ3v) is 4.53. The molecule has 0 fully saturated rings. The van der Waals surface area contributed by atoms with E-state index in [0.717, 1.165) is 17.7 Å². The fourth-order valence-electron chi connectivity index (χ4n) is 2.88. The number of halogens is 1. The predicted octanol–water partition coefficient (Wildman–Crippen LogP) is 3.53. The van der Waals surface area contributed by atoms with Crippen LogP contribution in [-0.2, 0) is 12.1 Å². The van der Waals surface area contributed by atoms with Crippen molar-refractivity contribution in [1.82, 2.24) is 10.2 Å². The van der Waals surface area contributed by atoms with Crippen molar-refractivity contribution >= 4 is 29.9 Å². The van der Waals surface area contributed by atoms with E-state index in [9.17, 15) is 5.11 Å². The fourth-order valence-corrected chi connectivity index (χ4v) is 2.88. The van der Waals surface area contributed by atoms with E-state index in [-0.39, 0.29) is 30.5 Å². The average molecular weight is 517 g/mol. The minimum atomic E-state index is -1.18. The minimum absolute atomic E-state index is 0. The summed E-state index contributed by atoms with van der Waals surface area (Å²) in [6.07, 6.45) is 1.55. The Balaban J connectivity index is 0.00000420. The summed E-state index contributed by atoms with van der Waals surface area (Å²) in [5.74, 6) is 2.59. The van der Waals surface area contributed by atoms with Crippen LogP contribution in [-0.4, -0.2) is 50.3 Å². The fraction of sp³-hybridized carbons (Fsp3) is 0.476. The molecule has 2 N–H and O–H groups in total. The average Bonchev–Trinajstić information content (AvgIpc) is 3.22. The highest BCUT2D eigenvalue weighted by Crippen LogP contribution is 2.30. The van der Waals surface area contributed by atoms with Crippen molar-refractivity contribution in [2.24, 2.45) is 4.99 Å². The molecule has 8 heteroatoms. The number of aliphatic hydroxyl groups is 1. The van der Waals surface area contributed by atoms with E-state index in [0.29, 0.717) is 29.8 Å². The molecular formula is C21H32IN3O4. The van der Waals surface area contributed by atoms with Crippen molar-refractivity contribution < 1.29 is 19.0 Å². The van der Waals surface area contributed by atoms with Crippen LogP contribution < -0.4 is 14.8 Å². The Morgan fingerprint density at radius 3 is 2.48 bits per heavy atom. The smallest absolute Gasteiger partial charge is 0.194 e. The van der Waals surface area contributed by atoms with Crippen LogP contribution in [0, 0.1) is 6.92 Å². The molecule has 1 heterocycles. The van der Waals surface area contributed by atoms with E-state index in [2.05, 4.69) is 10.3 Å². The van der Waals surface area contributed by atoms with E-state index in [4.69, 9.17) is 13.9 Å². The molecule has 0 aliphatic rings. The van der Waals surface area contributed by atoms with Gasteiger partial charge in [0.15, 0.2) is 17.5 Å². The predicted molar refractivity (Wildman–Crippen MR) is 125 cm³/mol. The van der Waals surface area contributed by atoms with Crippen molar-refractivity contribution in [2.75, 3.05) is 34.4 Å². The van der Waals surface area contributed by atoms with Gasteiger partial charge in [-0.05, 0) is 56.2 Å². The number of hydrogen-bond donors (Lipinski definition) is 2. The molecule has 0 saturated carbocycles. The second-order valence-electron chi connectivity index (χ2n) is 6.91. The zero-order valence-electron chi connectivity index (χ0n) is 18.0. The van der Waals surface area contributed by atoms with Gasteiger partial charge >= 0.3 is 0 Å². The first kappa shape index (κ1) is 25.1. The number of methoxy groups -OCH3 is 2. The number of nitrogens with zero attached hydrogens (tertiary/aromatic N) is 2. The summed E-state index contributed by atoms with van der Waals surface area (Å²) in [4.78, 5) is 6.62. The van der Waals surface area contributed by atoms with Gasteiger partial charge in [-0.1, -0.05) is 0 Å². The highest BCUT2D eigenvalue weighted by Gasteiger charge is 2.26. The number of hydrogen-bond acceptors (Lipinski definition) is 5. The van der Waals surface area contributed by atoms with Crippen molar-refractivity contribution in [3.05, 3.63) is 47.4 Å². The summed E-state index contributed by atoms with van der Waals surface area (Å²) < 4.78 is 16.1. The van der Waals surface area contributed by atoms with E-state index in [1.54, 1.807) is 39.5 Å². The number of guanidine groups is 1. The number of ether oxygens (including phenoxy) is 2. The highest BCUT2D eigenvalue weighted by molar-refractivity contribution is 14.0. The summed E-state index contributed by atoms with van der Waals surface area (Å²) in [6, 6.07) is 7.45. The van der Waals surface area contributed by atoms with E-state index >= 15 is 0 Å². The van der Waals surface area contributed by atoms with Gasteiger partial charge in [0.05, 0.1) is 27.0 Å². The normalized spacial score (nSPS) is 13.3. The van der Waals surface area contributed by atoms with Gasteiger partial charge < -0.3 is 29.2 Å². The van der Waals surface area contributed by atoms with Crippen molar-refractivity contribution in [1.29, 1.82) is 0 Å². The summed E-state index contributed by atoms with van der Waals surface area (Å²) in [6.45, 7) is 7.26. The standard InChI is InChI=1S/C21H31N3O4.HI/c1-7-22-20(23-14-21(3,25)19-9-8-10-28-19)24(4)13-16-12-18(27-6)17(26-5)11-15(16)2;/h8-12,25H,7,13-14H2,1-6H3,(H,22,23);1H. The molecule has 1 unspecified atom stereocenters. The number of aliphatic imine (C=N–C) groups is 1. The first-order chi connectivity index (χ1) is 13.3. The maximum atomic E-state index is 10.7. The Bertz CT molecular complexity index is 791. The van der Waals surface area contributed by atoms with Crippen molar-refractivity contribution in [2.45, 2.75) is 32.9 Å². The lowest BCUT2D eigenvalue weighted by Crippen LogP contribution is -2.40. The van der Waals surface area contributed by atoms with Crippen LogP contribution in [0.25, 0.3) is 0 Å². The number of benzene rings is 1. The zero-order valence-corrected chi connectivity index (χ0v) is 20.3. The number of rotatable bonds is 8. The molecule has 0 spiro atoms. The van der Waals surface area contributed by atoms with Gasteiger partial charge in [0, 0.05) is 20.1 Å². The van der Waals surface area contributed by atoms with Crippen LogP contribution in [0.4, 0.5) is 0 Å². The lowest BCUT2D eigenvalue weighted by atomic mass is 10.0. The summed E-state index contributed by atoms with van der Waals surface area (Å²) >= 11 is 0. The monoisotopic (exact) mass is 517 g/mol. The van der Waals surface area contributed by atoms with Gasteiger partial charge in [-0.25, -0.2) is 4.99 Å². The van der Waals surface area contributed by atoms with Gasteiger partial charge in [-0.15, -0.1) is 24.0 Å². The molecule has 0 bridgehead atoms. The second kappa shape index (κ2) is 11.3. The number of nitrogens with one attached hydrogen (secondary N) is 1. The van der Waals surface area contributed by atoms with E-state index < -0.39 is 5.60 Å². The number of aryl methyl sites for hydroxylation is 1. The van der Waals surface area contributed by atoms with Crippen LogP contribution in [0.3, 0.4) is 0 Å². The Labute approximate surface area is 190 Å². The molecule has 2 rings (SSSR count). The molecule has 0 saturated heterocycles. The van der Waals surface area contributed by atoms with Gasteiger partial charge in [0.2, 0.25) is 0 Å². The van der Waals surface area contributed by atoms with Gasteiger partial charge in [0.1, 0.15) is 11.4 Å². The molecule has 1 atom stereocenters. The molecule has 0 aliphatic heterocycles. The van der Waals surface area contributed by atoms with Crippen LogP contribution in [0.5, 0.6) is 11.5 Å². The molecule has 0 radical (unpaired) electrons. The Hall–Kier alpha value is -1.94. The molecule has 0 amide bonds. The van der Waals surface area contributed by atoms with E-state index in [1.165, 1.54) is 0 Å². The first-order valence-corrected chi connectivity index (χ1v) is 9.29. The lowest BCUT2D eigenvalue weighted by molar-refractivity contribution is 0.0435. The third-order valence-electron chi connectivity index (χ3n) is 4.53. The number of furan rings is 1. The first-order valence-electron chi connectivity index (χ1n) is 9.29. The molecule has 0 aliphatic carbocycles. The second-order valence-corrected chi connectivity index (χ2v) is 6.91. The summed E-state index contributed by atoms with van der Waals surface area (Å²) in [7, 11) is 5.21. The van der Waals surface area contributed by atoms with E-state index in [1.807, 2.05) is 37.9 Å². The largest absolute Gasteiger partial charge is 0.493 e. The highest BCUT2D eigenvalue weighted by atomic mass is 127. The quantitative estimate of drug-likeness (QED) is 0.317. The molecule has 1 aromatic carbocycles. The molecule has 29 heavy (non-hydrogen) atoms. The van der Waals surface area contributed by atoms with Crippen molar-refractivity contribution in [3.8, 4) is 11.5 Å². The molecule has 7 nitrogen and oxygen atoms in total. The molecular weight excluding hydrogens is 485 g/mol. The minimum Gasteiger partial charge on any atom is -0.493 e. The summed E-state index contributed by atoms with van der Waals surface area (Å²) in [5, 5.41) is 13.9. The SMILES string of the molecule is CCNC(=NCC(C)(O)c1ccco1)N(C)Cc1cc(OC)c(OC)cc1C.I. The van der Waals surface area contributed by atoms with Gasteiger partial charge in [0.25, 0.3) is 0 Å². The van der Waals surface area contributed by atoms with Gasteiger partial charge in [-0.2, -0.15) is 0 Å². The third kappa shape index (κ3) is 6.53. The molecule has 162 valence electrons. The zero-order chi connectivity index (χ0) is 20.7. The summed E-state index contributed by atoms with van der Waals surface area (Å²) in [5.41, 5.74) is 1.02. The van der Waals surface area contributed by atoms with Crippen molar-refractivity contribution in [3.63, 3.8) is 0 Å². The Morgan fingerprint density at radius 1 is 1.28 bits per heavy atom. The molecule has 1 aromatic heterocycles. The van der Waals surface area contributed by atoms with Crippen LogP contribution in [0.15, 0.2) is 39.9 Å². The van der Waals surface area contributed by atoms with Crippen LogP contribution in [0.2, 0.25) is 0 Å².